The number of hydrogen-bond acceptors (Lipinski definition) is 2. The summed E-state index contributed by atoms with van der Waals surface area (Å²) in [5.41, 5.74) is 0.794. The SMILES string of the molecule is O=C(O)/C=C/C1=NC=CC1. The molecule has 52 valence electrons. The second kappa shape index (κ2) is 2.96. The summed E-state index contributed by atoms with van der Waals surface area (Å²) >= 11 is 0. The minimum Gasteiger partial charge on any atom is -0.478 e. The lowest BCUT2D eigenvalue weighted by molar-refractivity contribution is -0.131. The number of carbonyl (C=O) groups is 1. The van der Waals surface area contributed by atoms with Crippen molar-refractivity contribution in [3.05, 3.63) is 24.4 Å². The van der Waals surface area contributed by atoms with E-state index in [1.807, 2.05) is 6.08 Å². The zero-order valence-electron chi connectivity index (χ0n) is 5.32. The molecule has 0 unspecified atom stereocenters. The molecule has 0 aromatic heterocycles. The Morgan fingerprint density at radius 1 is 1.80 bits per heavy atom. The van der Waals surface area contributed by atoms with Gasteiger partial charge in [-0.25, -0.2) is 4.79 Å². The van der Waals surface area contributed by atoms with Crippen LogP contribution in [0.25, 0.3) is 0 Å². The predicted molar refractivity (Wildman–Crippen MR) is 38.0 cm³/mol. The van der Waals surface area contributed by atoms with E-state index < -0.39 is 5.97 Å². The Bertz CT molecular complexity index is 226. The first-order chi connectivity index (χ1) is 4.79. The van der Waals surface area contributed by atoms with E-state index in [-0.39, 0.29) is 0 Å². The van der Waals surface area contributed by atoms with Crippen molar-refractivity contribution in [2.45, 2.75) is 6.42 Å². The molecule has 0 aromatic rings. The number of rotatable bonds is 2. The summed E-state index contributed by atoms with van der Waals surface area (Å²) in [4.78, 5) is 13.9. The van der Waals surface area contributed by atoms with Gasteiger partial charge in [0, 0.05) is 24.4 Å². The van der Waals surface area contributed by atoms with Gasteiger partial charge in [0.25, 0.3) is 0 Å². The first kappa shape index (κ1) is 6.74. The number of aliphatic imine (C=N–C) groups is 1. The van der Waals surface area contributed by atoms with E-state index in [1.165, 1.54) is 6.08 Å². The highest BCUT2D eigenvalue weighted by molar-refractivity contribution is 6.01. The third kappa shape index (κ3) is 1.85. The topological polar surface area (TPSA) is 49.7 Å². The average molecular weight is 137 g/mol. The molecule has 0 fully saturated rings. The van der Waals surface area contributed by atoms with Gasteiger partial charge in [-0.15, -0.1) is 0 Å². The summed E-state index contributed by atoms with van der Waals surface area (Å²) in [5.74, 6) is -0.936. The average Bonchev–Trinajstić information content (AvgIpc) is 2.34. The molecular formula is C7H7NO2. The Labute approximate surface area is 58.4 Å². The van der Waals surface area contributed by atoms with Crippen LogP contribution in [0.15, 0.2) is 29.4 Å². The predicted octanol–water partition coefficient (Wildman–Crippen LogP) is 0.986. The van der Waals surface area contributed by atoms with Crippen LogP contribution in [0.5, 0.6) is 0 Å². The summed E-state index contributed by atoms with van der Waals surface area (Å²) < 4.78 is 0. The Balaban J connectivity index is 2.47. The summed E-state index contributed by atoms with van der Waals surface area (Å²) in [6, 6.07) is 0. The quantitative estimate of drug-likeness (QED) is 0.577. The van der Waals surface area contributed by atoms with E-state index in [0.717, 1.165) is 18.2 Å². The van der Waals surface area contributed by atoms with Crippen LogP contribution >= 0.6 is 0 Å². The number of allylic oxidation sites excluding steroid dienone is 2. The van der Waals surface area contributed by atoms with E-state index in [1.54, 1.807) is 6.20 Å². The first-order valence-electron chi connectivity index (χ1n) is 2.92. The highest BCUT2D eigenvalue weighted by atomic mass is 16.4. The molecule has 0 aromatic carbocycles. The summed E-state index contributed by atoms with van der Waals surface area (Å²) in [6.07, 6.45) is 6.88. The Kier molecular flexibility index (Phi) is 1.99. The maximum atomic E-state index is 9.99. The smallest absolute Gasteiger partial charge is 0.328 e. The lowest BCUT2D eigenvalue weighted by atomic mass is 10.3. The molecule has 10 heavy (non-hydrogen) atoms. The van der Waals surface area contributed by atoms with Crippen molar-refractivity contribution in [3.63, 3.8) is 0 Å². The third-order valence-corrected chi connectivity index (χ3v) is 1.09. The molecule has 0 saturated carbocycles. The van der Waals surface area contributed by atoms with Gasteiger partial charge in [-0.05, 0) is 6.08 Å². The molecule has 0 aliphatic carbocycles. The van der Waals surface area contributed by atoms with E-state index in [0.29, 0.717) is 0 Å². The molecule has 0 atom stereocenters. The Hall–Kier alpha value is -1.38. The number of carboxylic acids is 1. The number of aliphatic carboxylic acids is 1. The van der Waals surface area contributed by atoms with Crippen molar-refractivity contribution in [2.24, 2.45) is 4.99 Å². The Morgan fingerprint density at radius 2 is 2.60 bits per heavy atom. The molecule has 3 nitrogen and oxygen atoms in total. The van der Waals surface area contributed by atoms with Crippen molar-refractivity contribution in [3.8, 4) is 0 Å². The van der Waals surface area contributed by atoms with Gasteiger partial charge in [0.05, 0.1) is 0 Å². The second-order valence-electron chi connectivity index (χ2n) is 1.88. The van der Waals surface area contributed by atoms with Crippen molar-refractivity contribution >= 4 is 11.7 Å². The fraction of sp³-hybridized carbons (Fsp3) is 0.143. The molecular weight excluding hydrogens is 130 g/mol. The van der Waals surface area contributed by atoms with E-state index in [9.17, 15) is 4.79 Å². The van der Waals surface area contributed by atoms with Crippen LogP contribution in [0.3, 0.4) is 0 Å². The molecule has 0 bridgehead atoms. The molecule has 1 aliphatic rings. The van der Waals surface area contributed by atoms with E-state index in [2.05, 4.69) is 4.99 Å². The van der Waals surface area contributed by atoms with Crippen LogP contribution in [0.4, 0.5) is 0 Å². The molecule has 1 aliphatic heterocycles. The molecule has 0 spiro atoms. The first-order valence-corrected chi connectivity index (χ1v) is 2.92. The normalized spacial score (nSPS) is 16.2. The summed E-state index contributed by atoms with van der Waals surface area (Å²) in [5, 5.41) is 8.21. The molecule has 0 amide bonds. The minimum absolute atomic E-state index is 0.740. The highest BCUT2D eigenvalue weighted by Crippen LogP contribution is 2.00. The number of carboxylic acid groups (broad SMARTS) is 1. The standard InChI is InChI=1S/C7H7NO2/c9-7(10)4-3-6-2-1-5-8-6/h1,3-5H,2H2,(H,9,10)/b4-3+. The minimum atomic E-state index is -0.936. The van der Waals surface area contributed by atoms with Crippen LogP contribution in [0, 0.1) is 0 Å². The fourth-order valence-corrected chi connectivity index (χ4v) is 0.653. The molecule has 1 rings (SSSR count). The molecule has 1 heterocycles. The van der Waals surface area contributed by atoms with Gasteiger partial charge in [-0.3, -0.25) is 4.99 Å². The van der Waals surface area contributed by atoms with Crippen LogP contribution in [0.1, 0.15) is 6.42 Å². The molecule has 3 heteroatoms. The van der Waals surface area contributed by atoms with Crippen LogP contribution in [-0.4, -0.2) is 16.8 Å². The Morgan fingerprint density at radius 3 is 3.10 bits per heavy atom. The van der Waals surface area contributed by atoms with Gasteiger partial charge >= 0.3 is 5.97 Å². The molecule has 0 saturated heterocycles. The summed E-state index contributed by atoms with van der Waals surface area (Å²) in [7, 11) is 0. The monoisotopic (exact) mass is 137 g/mol. The largest absolute Gasteiger partial charge is 0.478 e. The van der Waals surface area contributed by atoms with Gasteiger partial charge in [0.1, 0.15) is 0 Å². The van der Waals surface area contributed by atoms with Gasteiger partial charge in [-0.1, -0.05) is 6.08 Å². The number of nitrogens with zero attached hydrogens (tertiary/aromatic N) is 1. The van der Waals surface area contributed by atoms with Gasteiger partial charge in [0.15, 0.2) is 0 Å². The van der Waals surface area contributed by atoms with Gasteiger partial charge in [-0.2, -0.15) is 0 Å². The van der Waals surface area contributed by atoms with Crippen LogP contribution in [-0.2, 0) is 4.79 Å². The third-order valence-electron chi connectivity index (χ3n) is 1.09. The fourth-order valence-electron chi connectivity index (χ4n) is 0.653. The van der Waals surface area contributed by atoms with Crippen LogP contribution in [0.2, 0.25) is 0 Å². The lowest BCUT2D eigenvalue weighted by Gasteiger charge is -1.84. The van der Waals surface area contributed by atoms with Crippen LogP contribution < -0.4 is 0 Å². The molecule has 0 radical (unpaired) electrons. The zero-order chi connectivity index (χ0) is 7.40. The zero-order valence-corrected chi connectivity index (χ0v) is 5.32. The summed E-state index contributed by atoms with van der Waals surface area (Å²) in [6.45, 7) is 0. The van der Waals surface area contributed by atoms with E-state index >= 15 is 0 Å². The van der Waals surface area contributed by atoms with E-state index in [4.69, 9.17) is 5.11 Å². The van der Waals surface area contributed by atoms with Crippen molar-refractivity contribution in [2.75, 3.05) is 0 Å². The van der Waals surface area contributed by atoms with Gasteiger partial charge in [0.2, 0.25) is 0 Å². The second-order valence-corrected chi connectivity index (χ2v) is 1.88. The van der Waals surface area contributed by atoms with Gasteiger partial charge < -0.3 is 5.11 Å². The van der Waals surface area contributed by atoms with Crippen molar-refractivity contribution in [1.29, 1.82) is 0 Å². The molecule has 1 N–H and O–H groups in total. The maximum absolute atomic E-state index is 9.99. The van der Waals surface area contributed by atoms with Crippen molar-refractivity contribution < 1.29 is 9.90 Å². The lowest BCUT2D eigenvalue weighted by Crippen LogP contribution is -1.91. The van der Waals surface area contributed by atoms with Crippen molar-refractivity contribution in [1.82, 2.24) is 0 Å². The maximum Gasteiger partial charge on any atom is 0.328 e. The highest BCUT2D eigenvalue weighted by Gasteiger charge is 1.95. The number of hydrogen-bond donors (Lipinski definition) is 1.